The van der Waals surface area contributed by atoms with E-state index in [0.717, 1.165) is 36.5 Å². The van der Waals surface area contributed by atoms with Crippen molar-refractivity contribution >= 4 is 15.7 Å². The van der Waals surface area contributed by atoms with E-state index in [1.807, 2.05) is 18.3 Å². The Morgan fingerprint density at radius 1 is 1.24 bits per heavy atom. The van der Waals surface area contributed by atoms with Gasteiger partial charge in [0, 0.05) is 18.7 Å². The van der Waals surface area contributed by atoms with Crippen LogP contribution in [0.5, 0.6) is 0 Å². The second kappa shape index (κ2) is 5.18. The van der Waals surface area contributed by atoms with Gasteiger partial charge in [0.2, 0.25) is 10.0 Å². The first-order valence-corrected chi connectivity index (χ1v) is 8.68. The number of fused-ring (bicyclic) bond motifs is 1. The Bertz CT molecular complexity index is 746. The van der Waals surface area contributed by atoms with Crippen LogP contribution in [0.4, 0.5) is 5.69 Å². The Labute approximate surface area is 125 Å². The molecule has 1 aliphatic heterocycles. The smallest absolute Gasteiger partial charge is 0.235 e. The Hall–Kier alpha value is -1.82. The van der Waals surface area contributed by atoms with Crippen molar-refractivity contribution in [2.45, 2.75) is 38.5 Å². The summed E-state index contributed by atoms with van der Waals surface area (Å²) < 4.78 is 28.5. The Kier molecular flexibility index (Phi) is 3.49. The summed E-state index contributed by atoms with van der Waals surface area (Å²) in [5, 5.41) is -0.449. The molecule has 0 spiro atoms. The minimum Gasteiger partial charge on any atom is -0.328 e. The van der Waals surface area contributed by atoms with E-state index in [1.165, 1.54) is 0 Å². The molecule has 0 saturated carbocycles. The molecule has 2 heterocycles. The highest BCUT2D eigenvalue weighted by molar-refractivity contribution is 7.93. The van der Waals surface area contributed by atoms with E-state index in [9.17, 15) is 8.42 Å². The number of anilines is 1. The summed E-state index contributed by atoms with van der Waals surface area (Å²) in [4.78, 5) is 4.43. The number of benzene rings is 1. The van der Waals surface area contributed by atoms with Gasteiger partial charge in [0.05, 0.1) is 17.1 Å². The third kappa shape index (κ3) is 2.68. The number of aromatic nitrogens is 2. The van der Waals surface area contributed by atoms with Gasteiger partial charge in [0.1, 0.15) is 5.82 Å². The Balaban J connectivity index is 1.84. The van der Waals surface area contributed by atoms with Gasteiger partial charge in [-0.3, -0.25) is 4.72 Å². The number of sulfonamides is 1. The van der Waals surface area contributed by atoms with E-state index >= 15 is 0 Å². The van der Waals surface area contributed by atoms with E-state index in [-0.39, 0.29) is 0 Å². The van der Waals surface area contributed by atoms with Gasteiger partial charge in [0.25, 0.3) is 0 Å². The fourth-order valence-electron chi connectivity index (χ4n) is 2.48. The van der Waals surface area contributed by atoms with Crippen molar-refractivity contribution in [3.63, 3.8) is 0 Å². The zero-order valence-electron chi connectivity index (χ0n) is 12.2. The highest BCUT2D eigenvalue weighted by Gasteiger charge is 2.17. The van der Waals surface area contributed by atoms with Gasteiger partial charge in [-0.1, -0.05) is 12.1 Å². The molecule has 0 bridgehead atoms. The number of rotatable bonds is 4. The number of nitrogens with one attached hydrogen (secondary N) is 1. The van der Waals surface area contributed by atoms with Gasteiger partial charge < -0.3 is 4.57 Å². The highest BCUT2D eigenvalue weighted by atomic mass is 32.2. The van der Waals surface area contributed by atoms with Crippen molar-refractivity contribution in [1.29, 1.82) is 0 Å². The molecule has 0 aliphatic carbocycles. The predicted molar refractivity (Wildman–Crippen MR) is 83.7 cm³/mol. The molecule has 0 fully saturated rings. The molecule has 5 nitrogen and oxygen atoms in total. The van der Waals surface area contributed by atoms with Crippen molar-refractivity contribution < 1.29 is 8.42 Å². The second-order valence-corrected chi connectivity index (χ2v) is 7.82. The van der Waals surface area contributed by atoms with Crippen LogP contribution in [0, 0.1) is 0 Å². The molecule has 21 heavy (non-hydrogen) atoms. The average Bonchev–Trinajstić information content (AvgIpc) is 3.02. The molecule has 0 radical (unpaired) electrons. The molecule has 0 unspecified atom stereocenters. The summed E-state index contributed by atoms with van der Waals surface area (Å²) in [6.45, 7) is 4.32. The minimum atomic E-state index is -3.29. The van der Waals surface area contributed by atoms with Crippen LogP contribution < -0.4 is 4.72 Å². The SMILES string of the molecule is CC(C)S(=O)(=O)Nc1ccc(-c2cnc3n2CCC3)cc1. The third-order valence-corrected chi connectivity index (χ3v) is 5.54. The zero-order chi connectivity index (χ0) is 15.0. The second-order valence-electron chi connectivity index (χ2n) is 5.59. The van der Waals surface area contributed by atoms with Crippen molar-refractivity contribution in [3.05, 3.63) is 36.3 Å². The molecule has 1 aromatic heterocycles. The molecule has 0 amide bonds. The molecule has 0 atom stereocenters. The summed E-state index contributed by atoms with van der Waals surface area (Å²) in [5.41, 5.74) is 2.75. The standard InChI is InChI=1S/C15H19N3O2S/c1-11(2)21(19,20)17-13-7-5-12(6-8-13)14-10-16-15-4-3-9-18(14)15/h5-8,10-11,17H,3-4,9H2,1-2H3. The summed E-state index contributed by atoms with van der Waals surface area (Å²) >= 11 is 0. The van der Waals surface area contributed by atoms with Crippen molar-refractivity contribution in [2.75, 3.05) is 4.72 Å². The normalized spacial score (nSPS) is 14.4. The molecule has 112 valence electrons. The lowest BCUT2D eigenvalue weighted by molar-refractivity contribution is 0.593. The number of aryl methyl sites for hydroxylation is 1. The van der Waals surface area contributed by atoms with Crippen LogP contribution in [0.3, 0.4) is 0 Å². The van der Waals surface area contributed by atoms with Crippen molar-refractivity contribution in [3.8, 4) is 11.3 Å². The van der Waals surface area contributed by atoms with Gasteiger partial charge in [0.15, 0.2) is 0 Å². The van der Waals surface area contributed by atoms with Gasteiger partial charge in [-0.15, -0.1) is 0 Å². The molecular weight excluding hydrogens is 286 g/mol. The number of imidazole rings is 1. The third-order valence-electron chi connectivity index (χ3n) is 3.78. The lowest BCUT2D eigenvalue weighted by atomic mass is 10.1. The molecule has 1 aliphatic rings. The van der Waals surface area contributed by atoms with E-state index in [1.54, 1.807) is 26.0 Å². The van der Waals surface area contributed by atoms with Crippen LogP contribution in [-0.4, -0.2) is 23.2 Å². The van der Waals surface area contributed by atoms with Crippen LogP contribution in [0.25, 0.3) is 11.3 Å². The average molecular weight is 305 g/mol. The van der Waals surface area contributed by atoms with Crippen LogP contribution in [0.1, 0.15) is 26.1 Å². The van der Waals surface area contributed by atoms with Crippen LogP contribution >= 0.6 is 0 Å². The van der Waals surface area contributed by atoms with E-state index in [0.29, 0.717) is 5.69 Å². The van der Waals surface area contributed by atoms with Crippen molar-refractivity contribution in [1.82, 2.24) is 9.55 Å². The molecule has 2 aromatic rings. The van der Waals surface area contributed by atoms with E-state index in [4.69, 9.17) is 0 Å². The Morgan fingerprint density at radius 3 is 2.62 bits per heavy atom. The summed E-state index contributed by atoms with van der Waals surface area (Å²) in [7, 11) is -3.29. The van der Waals surface area contributed by atoms with Crippen LogP contribution in [0.2, 0.25) is 0 Å². The van der Waals surface area contributed by atoms with Crippen LogP contribution in [0.15, 0.2) is 30.5 Å². The first kappa shape index (κ1) is 14.1. The lowest BCUT2D eigenvalue weighted by Gasteiger charge is -2.11. The largest absolute Gasteiger partial charge is 0.328 e. The predicted octanol–water partition coefficient (Wildman–Crippen LogP) is 2.65. The molecule has 6 heteroatoms. The molecule has 1 N–H and O–H groups in total. The zero-order valence-corrected chi connectivity index (χ0v) is 13.0. The topological polar surface area (TPSA) is 64.0 Å². The first-order chi connectivity index (χ1) is 9.97. The van der Waals surface area contributed by atoms with Gasteiger partial charge in [-0.2, -0.15) is 0 Å². The number of hydrogen-bond donors (Lipinski definition) is 1. The lowest BCUT2D eigenvalue weighted by Crippen LogP contribution is -2.22. The maximum absolute atomic E-state index is 11.8. The highest BCUT2D eigenvalue weighted by Crippen LogP contribution is 2.26. The minimum absolute atomic E-state index is 0.449. The van der Waals surface area contributed by atoms with E-state index < -0.39 is 15.3 Å². The fourth-order valence-corrected chi connectivity index (χ4v) is 3.18. The number of hydrogen-bond acceptors (Lipinski definition) is 3. The monoisotopic (exact) mass is 305 g/mol. The molecular formula is C15H19N3O2S. The fraction of sp³-hybridized carbons (Fsp3) is 0.400. The maximum atomic E-state index is 11.8. The number of nitrogens with zero attached hydrogens (tertiary/aromatic N) is 2. The summed E-state index contributed by atoms with van der Waals surface area (Å²) in [6.07, 6.45) is 4.07. The Morgan fingerprint density at radius 2 is 1.95 bits per heavy atom. The molecule has 0 saturated heterocycles. The van der Waals surface area contributed by atoms with Gasteiger partial charge in [-0.25, -0.2) is 13.4 Å². The summed E-state index contributed by atoms with van der Waals surface area (Å²) in [5.74, 6) is 1.13. The maximum Gasteiger partial charge on any atom is 0.235 e. The van der Waals surface area contributed by atoms with Gasteiger partial charge in [-0.05, 0) is 38.0 Å². The van der Waals surface area contributed by atoms with Gasteiger partial charge >= 0.3 is 0 Å². The van der Waals surface area contributed by atoms with Crippen molar-refractivity contribution in [2.24, 2.45) is 0 Å². The molecule has 1 aromatic carbocycles. The first-order valence-electron chi connectivity index (χ1n) is 7.14. The molecule has 3 rings (SSSR count). The quantitative estimate of drug-likeness (QED) is 0.944. The van der Waals surface area contributed by atoms with E-state index in [2.05, 4.69) is 14.3 Å². The van der Waals surface area contributed by atoms with Crippen LogP contribution in [-0.2, 0) is 23.0 Å². The summed E-state index contributed by atoms with van der Waals surface area (Å²) in [6, 6.07) is 7.45.